The van der Waals surface area contributed by atoms with Crippen LogP contribution in [0, 0.1) is 6.92 Å². The van der Waals surface area contributed by atoms with Crippen molar-refractivity contribution in [1.82, 2.24) is 9.80 Å². The number of piperazine rings is 1. The first kappa shape index (κ1) is 20.6. The summed E-state index contributed by atoms with van der Waals surface area (Å²) in [6.45, 7) is 4.30. The standard InChI is InChI=1S/C21H25N3O5S/c1-15-4-5-16(13-18(15)22-20(25)19-3-2-11-29-19)21(26)24-9-7-23(8-10-24)17-6-12-30(27,28)14-17/h2-5,11,13,17H,6-10,12,14H2,1H3,(H,22,25)/t17-/m0/s1. The molecule has 0 saturated carbocycles. The van der Waals surface area contributed by atoms with Gasteiger partial charge < -0.3 is 14.6 Å². The van der Waals surface area contributed by atoms with E-state index in [1.165, 1.54) is 6.26 Å². The molecule has 0 unspecified atom stereocenters. The van der Waals surface area contributed by atoms with Crippen LogP contribution in [0.25, 0.3) is 0 Å². The Hall–Kier alpha value is -2.65. The molecule has 1 aromatic heterocycles. The quantitative estimate of drug-likeness (QED) is 0.792. The van der Waals surface area contributed by atoms with Crippen LogP contribution in [0.2, 0.25) is 0 Å². The Balaban J connectivity index is 1.40. The number of anilines is 1. The lowest BCUT2D eigenvalue weighted by Gasteiger charge is -2.37. The smallest absolute Gasteiger partial charge is 0.291 e. The Kier molecular flexibility index (Phi) is 5.66. The largest absolute Gasteiger partial charge is 0.459 e. The first-order valence-corrected chi connectivity index (χ1v) is 11.8. The molecule has 160 valence electrons. The van der Waals surface area contributed by atoms with Crippen LogP contribution in [-0.4, -0.2) is 73.8 Å². The van der Waals surface area contributed by atoms with Gasteiger partial charge in [-0.1, -0.05) is 6.07 Å². The molecule has 9 heteroatoms. The topological polar surface area (TPSA) is 99.9 Å². The first-order valence-electron chi connectivity index (χ1n) is 10.0. The van der Waals surface area contributed by atoms with Crippen molar-refractivity contribution in [2.24, 2.45) is 0 Å². The summed E-state index contributed by atoms with van der Waals surface area (Å²) in [6, 6.07) is 8.54. The fraction of sp³-hybridized carbons (Fsp3) is 0.429. The predicted molar refractivity (Wildman–Crippen MR) is 112 cm³/mol. The van der Waals surface area contributed by atoms with E-state index < -0.39 is 9.84 Å². The minimum Gasteiger partial charge on any atom is -0.459 e. The van der Waals surface area contributed by atoms with Crippen LogP contribution in [0.3, 0.4) is 0 Å². The van der Waals surface area contributed by atoms with Gasteiger partial charge in [0, 0.05) is 43.5 Å². The number of sulfone groups is 1. The van der Waals surface area contributed by atoms with Crippen LogP contribution >= 0.6 is 0 Å². The van der Waals surface area contributed by atoms with Crippen LogP contribution in [0.15, 0.2) is 41.0 Å². The molecule has 0 aliphatic carbocycles. The van der Waals surface area contributed by atoms with Gasteiger partial charge in [0.2, 0.25) is 0 Å². The van der Waals surface area contributed by atoms with E-state index in [2.05, 4.69) is 10.2 Å². The molecule has 3 heterocycles. The van der Waals surface area contributed by atoms with Crippen molar-refractivity contribution in [3.8, 4) is 0 Å². The van der Waals surface area contributed by atoms with Gasteiger partial charge in [0.1, 0.15) is 0 Å². The fourth-order valence-electron chi connectivity index (χ4n) is 4.02. The summed E-state index contributed by atoms with van der Waals surface area (Å²) in [5.41, 5.74) is 1.92. The number of furan rings is 1. The Labute approximate surface area is 175 Å². The van der Waals surface area contributed by atoms with E-state index in [9.17, 15) is 18.0 Å². The van der Waals surface area contributed by atoms with Gasteiger partial charge in [-0.05, 0) is 43.2 Å². The molecule has 2 saturated heterocycles. The van der Waals surface area contributed by atoms with Crippen LogP contribution in [0.1, 0.15) is 32.9 Å². The Morgan fingerprint density at radius 3 is 2.53 bits per heavy atom. The average Bonchev–Trinajstić information content (AvgIpc) is 3.39. The molecule has 0 bridgehead atoms. The van der Waals surface area contributed by atoms with Gasteiger partial charge in [-0.2, -0.15) is 0 Å². The lowest BCUT2D eigenvalue weighted by atomic mass is 10.1. The normalized spacial score (nSPS) is 21.5. The molecule has 8 nitrogen and oxygen atoms in total. The van der Waals surface area contributed by atoms with Gasteiger partial charge in [-0.15, -0.1) is 0 Å². The number of amides is 2. The van der Waals surface area contributed by atoms with Gasteiger partial charge in [-0.25, -0.2) is 8.42 Å². The van der Waals surface area contributed by atoms with Crippen LogP contribution < -0.4 is 5.32 Å². The van der Waals surface area contributed by atoms with Gasteiger partial charge in [0.25, 0.3) is 11.8 Å². The highest BCUT2D eigenvalue weighted by atomic mass is 32.2. The lowest BCUT2D eigenvalue weighted by Crippen LogP contribution is -2.52. The zero-order valence-electron chi connectivity index (χ0n) is 16.8. The second-order valence-electron chi connectivity index (χ2n) is 7.85. The van der Waals surface area contributed by atoms with Gasteiger partial charge in [0.15, 0.2) is 15.6 Å². The zero-order valence-corrected chi connectivity index (χ0v) is 17.7. The molecular formula is C21H25N3O5S. The van der Waals surface area contributed by atoms with E-state index in [1.54, 1.807) is 29.2 Å². The number of hydrogen-bond acceptors (Lipinski definition) is 6. The molecule has 2 aromatic rings. The number of aryl methyl sites for hydroxylation is 1. The van der Waals surface area contributed by atoms with Gasteiger partial charge >= 0.3 is 0 Å². The number of carbonyl (C=O) groups is 2. The van der Waals surface area contributed by atoms with Gasteiger partial charge in [-0.3, -0.25) is 14.5 Å². The summed E-state index contributed by atoms with van der Waals surface area (Å²) < 4.78 is 28.6. The van der Waals surface area contributed by atoms with E-state index in [0.717, 1.165) is 5.56 Å². The number of nitrogens with zero attached hydrogens (tertiary/aromatic N) is 2. The highest BCUT2D eigenvalue weighted by Gasteiger charge is 2.34. The number of hydrogen-bond donors (Lipinski definition) is 1. The van der Waals surface area contributed by atoms with Crippen molar-refractivity contribution in [2.75, 3.05) is 43.0 Å². The first-order chi connectivity index (χ1) is 14.3. The van der Waals surface area contributed by atoms with Crippen molar-refractivity contribution in [3.05, 3.63) is 53.5 Å². The van der Waals surface area contributed by atoms with Crippen molar-refractivity contribution < 1.29 is 22.4 Å². The van der Waals surface area contributed by atoms with Gasteiger partial charge in [0.05, 0.1) is 17.8 Å². The Morgan fingerprint density at radius 2 is 1.90 bits per heavy atom. The maximum atomic E-state index is 13.0. The second-order valence-corrected chi connectivity index (χ2v) is 10.1. The van der Waals surface area contributed by atoms with Crippen LogP contribution in [0.5, 0.6) is 0 Å². The molecule has 1 aromatic carbocycles. The molecule has 0 radical (unpaired) electrons. The summed E-state index contributed by atoms with van der Waals surface area (Å²) in [5.74, 6) is 0.218. The molecule has 1 atom stereocenters. The minimum absolute atomic E-state index is 0.0649. The maximum Gasteiger partial charge on any atom is 0.291 e. The molecule has 1 N–H and O–H groups in total. The Morgan fingerprint density at radius 1 is 1.13 bits per heavy atom. The monoisotopic (exact) mass is 431 g/mol. The molecule has 4 rings (SSSR count). The molecule has 2 aliphatic rings. The van der Waals surface area contributed by atoms with Crippen LogP contribution in [0.4, 0.5) is 5.69 Å². The average molecular weight is 432 g/mol. The molecule has 2 amide bonds. The van der Waals surface area contributed by atoms with E-state index in [4.69, 9.17) is 4.42 Å². The highest BCUT2D eigenvalue weighted by Crippen LogP contribution is 2.22. The van der Waals surface area contributed by atoms with E-state index >= 15 is 0 Å². The highest BCUT2D eigenvalue weighted by molar-refractivity contribution is 7.91. The maximum absolute atomic E-state index is 13.0. The van der Waals surface area contributed by atoms with Crippen molar-refractivity contribution in [2.45, 2.75) is 19.4 Å². The Bertz CT molecular complexity index is 1040. The molecule has 0 spiro atoms. The third-order valence-electron chi connectivity index (χ3n) is 5.80. The molecule has 30 heavy (non-hydrogen) atoms. The second kappa shape index (κ2) is 8.23. The minimum atomic E-state index is -2.92. The summed E-state index contributed by atoms with van der Waals surface area (Å²) in [6.07, 6.45) is 2.11. The summed E-state index contributed by atoms with van der Waals surface area (Å²) >= 11 is 0. The summed E-state index contributed by atoms with van der Waals surface area (Å²) in [4.78, 5) is 29.2. The fourth-order valence-corrected chi connectivity index (χ4v) is 5.78. The third kappa shape index (κ3) is 4.41. The van der Waals surface area contributed by atoms with E-state index in [1.807, 2.05) is 13.0 Å². The molecular weight excluding hydrogens is 406 g/mol. The van der Waals surface area contributed by atoms with Crippen LogP contribution in [-0.2, 0) is 9.84 Å². The van der Waals surface area contributed by atoms with Crippen molar-refractivity contribution >= 4 is 27.3 Å². The predicted octanol–water partition coefficient (Wildman–Crippen LogP) is 1.79. The number of nitrogens with one attached hydrogen (secondary N) is 1. The number of rotatable bonds is 4. The van der Waals surface area contributed by atoms with Crippen molar-refractivity contribution in [3.63, 3.8) is 0 Å². The zero-order chi connectivity index (χ0) is 21.3. The number of carbonyl (C=O) groups excluding carboxylic acids is 2. The van der Waals surface area contributed by atoms with E-state index in [0.29, 0.717) is 43.9 Å². The van der Waals surface area contributed by atoms with E-state index in [-0.39, 0.29) is 35.1 Å². The summed E-state index contributed by atoms with van der Waals surface area (Å²) in [7, 11) is -2.92. The molecule has 2 aliphatic heterocycles. The molecule has 2 fully saturated rings. The SMILES string of the molecule is Cc1ccc(C(=O)N2CCN([C@H]3CCS(=O)(=O)C3)CC2)cc1NC(=O)c1ccco1. The third-order valence-corrected chi connectivity index (χ3v) is 7.55. The number of benzene rings is 1. The van der Waals surface area contributed by atoms with Crippen molar-refractivity contribution in [1.29, 1.82) is 0 Å². The lowest BCUT2D eigenvalue weighted by molar-refractivity contribution is 0.0587. The summed E-state index contributed by atoms with van der Waals surface area (Å²) in [5, 5.41) is 2.79.